The fourth-order valence-corrected chi connectivity index (χ4v) is 4.64. The number of aliphatic imine (C=N–C) groups is 1. The number of anilines is 1. The van der Waals surface area contributed by atoms with Crippen molar-refractivity contribution in [1.82, 2.24) is 4.90 Å². The Hall–Kier alpha value is -4.05. The summed E-state index contributed by atoms with van der Waals surface area (Å²) in [7, 11) is 0. The van der Waals surface area contributed by atoms with Crippen LogP contribution in [0.1, 0.15) is 22.3 Å². The van der Waals surface area contributed by atoms with Crippen LogP contribution in [0, 0.1) is 11.6 Å². The maximum absolute atomic E-state index is 14.3. The molecule has 0 bridgehead atoms. The molecule has 2 N–H and O–H groups in total. The van der Waals surface area contributed by atoms with Crippen LogP contribution in [-0.4, -0.2) is 44.8 Å². The minimum absolute atomic E-state index is 0.0323. The van der Waals surface area contributed by atoms with Crippen molar-refractivity contribution in [2.24, 2.45) is 4.99 Å². The highest BCUT2D eigenvalue weighted by molar-refractivity contribution is 8.15. The second kappa shape index (κ2) is 11.1. The second-order valence-electron chi connectivity index (χ2n) is 7.95. The van der Waals surface area contributed by atoms with Crippen LogP contribution in [0.3, 0.4) is 0 Å². The van der Waals surface area contributed by atoms with E-state index in [-0.39, 0.29) is 41.1 Å². The number of nitrogens with zero attached hydrogens (tertiary/aromatic N) is 2. The number of hydrogen-bond acceptors (Lipinski definition) is 5. The van der Waals surface area contributed by atoms with Crippen LogP contribution in [0.15, 0.2) is 77.8 Å². The number of amides is 2. The Bertz CT molecular complexity index is 1310. The highest BCUT2D eigenvalue weighted by Crippen LogP contribution is 2.31. The fraction of sp³-hybridized carbons (Fsp3) is 0.154. The van der Waals surface area contributed by atoms with Crippen molar-refractivity contribution < 1.29 is 28.3 Å². The second-order valence-corrected chi connectivity index (χ2v) is 9.12. The summed E-state index contributed by atoms with van der Waals surface area (Å²) in [4.78, 5) is 42.8. The lowest BCUT2D eigenvalue weighted by Crippen LogP contribution is -2.46. The zero-order valence-electron chi connectivity index (χ0n) is 18.9. The molecule has 1 heterocycles. The number of hydrogen-bond donors (Lipinski definition) is 2. The Morgan fingerprint density at radius 3 is 2.39 bits per heavy atom. The van der Waals surface area contributed by atoms with Gasteiger partial charge < -0.3 is 10.4 Å². The van der Waals surface area contributed by atoms with Crippen LogP contribution in [0.2, 0.25) is 0 Å². The molecule has 1 aliphatic heterocycles. The highest BCUT2D eigenvalue weighted by atomic mass is 32.2. The molecule has 1 fully saturated rings. The molecular formula is C26H21F2N3O4S. The lowest BCUT2D eigenvalue weighted by molar-refractivity contribution is -0.129. The molecule has 184 valence electrons. The Kier molecular flexibility index (Phi) is 7.74. The Balaban J connectivity index is 1.54. The zero-order valence-corrected chi connectivity index (χ0v) is 19.7. The van der Waals surface area contributed by atoms with E-state index in [9.17, 15) is 23.2 Å². The van der Waals surface area contributed by atoms with Gasteiger partial charge in [0.15, 0.2) is 5.17 Å². The molecule has 0 saturated carbocycles. The predicted molar refractivity (Wildman–Crippen MR) is 133 cm³/mol. The van der Waals surface area contributed by atoms with E-state index in [4.69, 9.17) is 5.11 Å². The zero-order chi connectivity index (χ0) is 25.7. The summed E-state index contributed by atoms with van der Waals surface area (Å²) in [6.07, 6.45) is 0.305. The third kappa shape index (κ3) is 6.14. The SMILES string of the molecule is O=C(O)c1ccc(NC(=O)[C@H]2CC(=O)N(CCc3ccc(F)cc3)C(=Nc3ccccc3F)S2)cc1. The van der Waals surface area contributed by atoms with Crippen LogP contribution in [0.4, 0.5) is 20.2 Å². The van der Waals surface area contributed by atoms with Crippen LogP contribution in [0.5, 0.6) is 0 Å². The van der Waals surface area contributed by atoms with Crippen molar-refractivity contribution >= 4 is 46.1 Å². The Morgan fingerprint density at radius 1 is 1.03 bits per heavy atom. The maximum atomic E-state index is 14.3. The Labute approximate surface area is 209 Å². The molecule has 3 aromatic rings. The first kappa shape index (κ1) is 25.1. The molecule has 3 aromatic carbocycles. The van der Waals surface area contributed by atoms with Crippen molar-refractivity contribution in [2.45, 2.75) is 18.1 Å². The lowest BCUT2D eigenvalue weighted by Gasteiger charge is -2.32. The number of carbonyl (C=O) groups is 3. The highest BCUT2D eigenvalue weighted by Gasteiger charge is 2.36. The number of halogens is 2. The van der Waals surface area contributed by atoms with Gasteiger partial charge in [-0.05, 0) is 60.5 Å². The third-order valence-electron chi connectivity index (χ3n) is 5.44. The summed E-state index contributed by atoms with van der Waals surface area (Å²) < 4.78 is 27.5. The number of nitrogens with one attached hydrogen (secondary N) is 1. The van der Waals surface area contributed by atoms with Gasteiger partial charge in [-0.15, -0.1) is 0 Å². The molecule has 4 rings (SSSR count). The lowest BCUT2D eigenvalue weighted by atomic mass is 10.1. The molecule has 0 spiro atoms. The number of rotatable bonds is 7. The largest absolute Gasteiger partial charge is 0.478 e. The van der Waals surface area contributed by atoms with Crippen molar-refractivity contribution in [3.8, 4) is 0 Å². The van der Waals surface area contributed by atoms with Crippen LogP contribution in [-0.2, 0) is 16.0 Å². The molecule has 0 radical (unpaired) electrons. The average molecular weight is 510 g/mol. The van der Waals surface area contributed by atoms with E-state index in [0.717, 1.165) is 17.3 Å². The van der Waals surface area contributed by atoms with E-state index in [1.54, 1.807) is 18.2 Å². The van der Waals surface area contributed by atoms with E-state index in [1.807, 2.05) is 0 Å². The number of carboxylic acid groups (broad SMARTS) is 1. The van der Waals surface area contributed by atoms with Gasteiger partial charge in [0.05, 0.1) is 5.56 Å². The summed E-state index contributed by atoms with van der Waals surface area (Å²) >= 11 is 1.04. The summed E-state index contributed by atoms with van der Waals surface area (Å²) in [6, 6.07) is 17.4. The van der Waals surface area contributed by atoms with Gasteiger partial charge in [0, 0.05) is 18.7 Å². The van der Waals surface area contributed by atoms with Crippen LogP contribution < -0.4 is 5.32 Å². The van der Waals surface area contributed by atoms with E-state index in [1.165, 1.54) is 59.5 Å². The molecule has 1 saturated heterocycles. The van der Waals surface area contributed by atoms with Gasteiger partial charge in [-0.1, -0.05) is 36.0 Å². The summed E-state index contributed by atoms with van der Waals surface area (Å²) in [5, 5.41) is 11.1. The number of para-hydroxylation sites is 1. The van der Waals surface area contributed by atoms with E-state index >= 15 is 0 Å². The number of benzene rings is 3. The van der Waals surface area contributed by atoms with Gasteiger partial charge in [0.25, 0.3) is 0 Å². The molecule has 0 aliphatic carbocycles. The van der Waals surface area contributed by atoms with Gasteiger partial charge in [-0.3, -0.25) is 14.5 Å². The van der Waals surface area contributed by atoms with Crippen molar-refractivity contribution in [3.05, 3.63) is 95.6 Å². The minimum Gasteiger partial charge on any atom is -0.478 e. The molecule has 1 atom stereocenters. The third-order valence-corrected chi connectivity index (χ3v) is 6.63. The Morgan fingerprint density at radius 2 is 1.72 bits per heavy atom. The fourth-order valence-electron chi connectivity index (χ4n) is 3.52. The van der Waals surface area contributed by atoms with Crippen molar-refractivity contribution in [1.29, 1.82) is 0 Å². The monoisotopic (exact) mass is 509 g/mol. The van der Waals surface area contributed by atoms with Gasteiger partial charge in [-0.25, -0.2) is 18.6 Å². The summed E-state index contributed by atoms with van der Waals surface area (Å²) in [5.41, 5.74) is 1.30. The average Bonchev–Trinajstić information content (AvgIpc) is 2.86. The molecule has 10 heteroatoms. The predicted octanol–water partition coefficient (Wildman–Crippen LogP) is 4.87. The quantitative estimate of drug-likeness (QED) is 0.474. The maximum Gasteiger partial charge on any atom is 0.335 e. The topological polar surface area (TPSA) is 99.1 Å². The number of thioether (sulfide) groups is 1. The molecule has 2 amide bonds. The normalized spacial score (nSPS) is 16.7. The summed E-state index contributed by atoms with van der Waals surface area (Å²) in [5.74, 6) is -2.84. The molecule has 1 aliphatic rings. The van der Waals surface area contributed by atoms with E-state index in [0.29, 0.717) is 12.1 Å². The summed E-state index contributed by atoms with van der Waals surface area (Å²) in [6.45, 7) is 0.218. The van der Waals surface area contributed by atoms with E-state index < -0.39 is 22.9 Å². The van der Waals surface area contributed by atoms with Gasteiger partial charge in [0.2, 0.25) is 11.8 Å². The smallest absolute Gasteiger partial charge is 0.335 e. The van der Waals surface area contributed by atoms with Gasteiger partial charge in [-0.2, -0.15) is 0 Å². The molecule has 36 heavy (non-hydrogen) atoms. The molecule has 0 unspecified atom stereocenters. The van der Waals surface area contributed by atoms with Crippen LogP contribution >= 0.6 is 11.8 Å². The number of carboxylic acids is 1. The first-order valence-electron chi connectivity index (χ1n) is 11.0. The first-order valence-corrected chi connectivity index (χ1v) is 11.9. The van der Waals surface area contributed by atoms with Gasteiger partial charge in [0.1, 0.15) is 22.6 Å². The number of aromatic carboxylic acids is 1. The molecule has 0 aromatic heterocycles. The van der Waals surface area contributed by atoms with Crippen LogP contribution in [0.25, 0.3) is 0 Å². The van der Waals surface area contributed by atoms with Crippen molar-refractivity contribution in [3.63, 3.8) is 0 Å². The molecule has 7 nitrogen and oxygen atoms in total. The first-order chi connectivity index (χ1) is 17.3. The minimum atomic E-state index is -1.09. The number of carbonyl (C=O) groups excluding carboxylic acids is 2. The molecular weight excluding hydrogens is 488 g/mol. The van der Waals surface area contributed by atoms with E-state index in [2.05, 4.69) is 10.3 Å². The standard InChI is InChI=1S/C26H21F2N3O4S/c27-18-9-5-16(6-10-18)13-14-31-23(32)15-22(36-26(31)30-21-4-2-1-3-20(21)28)24(33)29-19-11-7-17(8-12-19)25(34)35/h1-12,22H,13-15H2,(H,29,33)(H,34,35)/t22-/m1/s1. The van der Waals surface area contributed by atoms with Crippen molar-refractivity contribution in [2.75, 3.05) is 11.9 Å². The van der Waals surface area contributed by atoms with Gasteiger partial charge >= 0.3 is 5.97 Å². The number of amidine groups is 1.